The maximum atomic E-state index is 12.7. The van der Waals surface area contributed by atoms with Gasteiger partial charge in [-0.15, -0.1) is 0 Å². The van der Waals surface area contributed by atoms with E-state index in [1.54, 1.807) is 0 Å². The average Bonchev–Trinajstić information content (AvgIpc) is 2.68. The summed E-state index contributed by atoms with van der Waals surface area (Å²) < 4.78 is 38.0. The summed E-state index contributed by atoms with van der Waals surface area (Å²) in [6.07, 6.45) is -2.25. The molecule has 1 aliphatic heterocycles. The van der Waals surface area contributed by atoms with Gasteiger partial charge in [0.25, 0.3) is 0 Å². The zero-order valence-corrected chi connectivity index (χ0v) is 16.0. The summed E-state index contributed by atoms with van der Waals surface area (Å²) in [6, 6.07) is 10.3. The van der Waals surface area contributed by atoms with Crippen molar-refractivity contribution in [3.8, 4) is 0 Å². The number of piperidine rings is 1. The van der Waals surface area contributed by atoms with E-state index in [0.717, 1.165) is 18.0 Å². The Balaban J connectivity index is 1.56. The van der Waals surface area contributed by atoms with Gasteiger partial charge in [0.15, 0.2) is 0 Å². The van der Waals surface area contributed by atoms with Crippen LogP contribution in [0.15, 0.2) is 42.6 Å². The second-order valence-electron chi connectivity index (χ2n) is 7.43. The number of rotatable bonds is 4. The molecule has 1 saturated heterocycles. The van der Waals surface area contributed by atoms with Gasteiger partial charge in [-0.1, -0.05) is 26.0 Å². The molecule has 0 spiro atoms. The SMILES string of the molecule is CC(C)c1cccc(NC(=O)C2CCN(c3ccc(C(F)(F)F)cn3)CC2)c1. The van der Waals surface area contributed by atoms with E-state index in [0.29, 0.717) is 37.7 Å². The van der Waals surface area contributed by atoms with Crippen molar-refractivity contribution in [2.24, 2.45) is 5.92 Å². The third kappa shape index (κ3) is 4.82. The number of hydrogen-bond acceptors (Lipinski definition) is 3. The highest BCUT2D eigenvalue weighted by Gasteiger charge is 2.31. The first-order valence-corrected chi connectivity index (χ1v) is 9.43. The summed E-state index contributed by atoms with van der Waals surface area (Å²) in [5.41, 5.74) is 1.21. The van der Waals surface area contributed by atoms with Crippen LogP contribution in [0.5, 0.6) is 0 Å². The topological polar surface area (TPSA) is 45.2 Å². The zero-order valence-electron chi connectivity index (χ0n) is 16.0. The van der Waals surface area contributed by atoms with Gasteiger partial charge in [0.05, 0.1) is 5.56 Å². The molecule has 28 heavy (non-hydrogen) atoms. The Morgan fingerprint density at radius 1 is 1.18 bits per heavy atom. The van der Waals surface area contributed by atoms with Crippen LogP contribution in [0, 0.1) is 5.92 Å². The molecule has 1 aliphatic rings. The van der Waals surface area contributed by atoms with Crippen LogP contribution in [0.4, 0.5) is 24.7 Å². The number of amides is 1. The molecular formula is C21H24F3N3O. The van der Waals surface area contributed by atoms with Gasteiger partial charge in [-0.25, -0.2) is 4.98 Å². The Bertz CT molecular complexity index is 810. The molecule has 0 aliphatic carbocycles. The van der Waals surface area contributed by atoms with Crippen LogP contribution in [0.1, 0.15) is 43.7 Å². The van der Waals surface area contributed by atoms with Crippen LogP contribution in [-0.2, 0) is 11.0 Å². The summed E-state index contributed by atoms with van der Waals surface area (Å²) in [4.78, 5) is 18.4. The highest BCUT2D eigenvalue weighted by atomic mass is 19.4. The van der Waals surface area contributed by atoms with E-state index in [-0.39, 0.29) is 11.8 Å². The normalized spacial score (nSPS) is 15.7. The van der Waals surface area contributed by atoms with Gasteiger partial charge in [-0.05, 0) is 48.6 Å². The second kappa shape index (κ2) is 8.20. The maximum Gasteiger partial charge on any atom is 0.417 e. The number of nitrogens with one attached hydrogen (secondary N) is 1. The standard InChI is InChI=1S/C21H24F3N3O/c1-14(2)16-4-3-5-18(12-16)26-20(28)15-8-10-27(11-9-15)19-7-6-17(13-25-19)21(22,23)24/h3-7,12-15H,8-11H2,1-2H3,(H,26,28). The number of carbonyl (C=O) groups excluding carboxylic acids is 1. The molecule has 2 aromatic rings. The summed E-state index contributed by atoms with van der Waals surface area (Å²) in [7, 11) is 0. The first kappa shape index (κ1) is 20.2. The van der Waals surface area contributed by atoms with Crippen molar-refractivity contribution < 1.29 is 18.0 Å². The van der Waals surface area contributed by atoms with Crippen molar-refractivity contribution in [1.29, 1.82) is 0 Å². The van der Waals surface area contributed by atoms with E-state index in [2.05, 4.69) is 24.1 Å². The average molecular weight is 391 g/mol. The fourth-order valence-electron chi connectivity index (χ4n) is 3.33. The molecule has 2 heterocycles. The molecule has 1 aromatic carbocycles. The number of hydrogen-bond donors (Lipinski definition) is 1. The second-order valence-corrected chi connectivity index (χ2v) is 7.43. The lowest BCUT2D eigenvalue weighted by Gasteiger charge is -2.32. The van der Waals surface area contributed by atoms with E-state index in [9.17, 15) is 18.0 Å². The molecule has 150 valence electrons. The Hall–Kier alpha value is -2.57. The predicted molar refractivity (Wildman–Crippen MR) is 103 cm³/mol. The molecule has 1 N–H and O–H groups in total. The first-order chi connectivity index (χ1) is 13.2. The number of halogens is 3. The molecule has 0 unspecified atom stereocenters. The number of benzene rings is 1. The van der Waals surface area contributed by atoms with Gasteiger partial charge in [0.1, 0.15) is 5.82 Å². The number of pyridine rings is 1. The Kier molecular flexibility index (Phi) is 5.91. The van der Waals surface area contributed by atoms with Crippen LogP contribution in [0.3, 0.4) is 0 Å². The van der Waals surface area contributed by atoms with E-state index in [1.807, 2.05) is 29.2 Å². The van der Waals surface area contributed by atoms with Crippen molar-refractivity contribution >= 4 is 17.4 Å². The monoisotopic (exact) mass is 391 g/mol. The molecule has 1 aromatic heterocycles. The molecule has 0 bridgehead atoms. The van der Waals surface area contributed by atoms with E-state index < -0.39 is 11.7 Å². The molecule has 7 heteroatoms. The van der Waals surface area contributed by atoms with Crippen LogP contribution < -0.4 is 10.2 Å². The van der Waals surface area contributed by atoms with Crippen LogP contribution >= 0.6 is 0 Å². The maximum absolute atomic E-state index is 12.7. The third-order valence-corrected chi connectivity index (χ3v) is 5.09. The van der Waals surface area contributed by atoms with E-state index in [4.69, 9.17) is 0 Å². The molecule has 0 atom stereocenters. The van der Waals surface area contributed by atoms with Gasteiger partial charge in [0, 0.05) is 30.9 Å². The third-order valence-electron chi connectivity index (χ3n) is 5.09. The molecular weight excluding hydrogens is 367 g/mol. The number of carbonyl (C=O) groups is 1. The van der Waals surface area contributed by atoms with Crippen molar-refractivity contribution in [1.82, 2.24) is 4.98 Å². The van der Waals surface area contributed by atoms with Gasteiger partial charge in [-0.2, -0.15) is 13.2 Å². The molecule has 3 rings (SSSR count). The first-order valence-electron chi connectivity index (χ1n) is 9.43. The smallest absolute Gasteiger partial charge is 0.357 e. The molecule has 0 radical (unpaired) electrons. The Morgan fingerprint density at radius 2 is 1.89 bits per heavy atom. The van der Waals surface area contributed by atoms with Gasteiger partial charge >= 0.3 is 6.18 Å². The molecule has 1 fully saturated rings. The van der Waals surface area contributed by atoms with Crippen molar-refractivity contribution in [2.45, 2.75) is 38.8 Å². The predicted octanol–water partition coefficient (Wildman–Crippen LogP) is 5.08. The van der Waals surface area contributed by atoms with E-state index in [1.165, 1.54) is 11.6 Å². The number of aromatic nitrogens is 1. The van der Waals surface area contributed by atoms with Crippen molar-refractivity contribution in [2.75, 3.05) is 23.3 Å². The summed E-state index contributed by atoms with van der Waals surface area (Å²) >= 11 is 0. The minimum absolute atomic E-state index is 0.0130. The highest BCUT2D eigenvalue weighted by Crippen LogP contribution is 2.30. The summed E-state index contributed by atoms with van der Waals surface area (Å²) in [5, 5.41) is 2.99. The van der Waals surface area contributed by atoms with Crippen molar-refractivity contribution in [3.63, 3.8) is 0 Å². The minimum Gasteiger partial charge on any atom is -0.357 e. The lowest BCUT2D eigenvalue weighted by molar-refractivity contribution is -0.137. The quantitative estimate of drug-likeness (QED) is 0.791. The number of nitrogens with zero attached hydrogens (tertiary/aromatic N) is 2. The molecule has 0 saturated carbocycles. The van der Waals surface area contributed by atoms with E-state index >= 15 is 0 Å². The fourth-order valence-corrected chi connectivity index (χ4v) is 3.33. The number of alkyl halides is 3. The Morgan fingerprint density at radius 3 is 2.46 bits per heavy atom. The zero-order chi connectivity index (χ0) is 20.3. The summed E-state index contributed by atoms with van der Waals surface area (Å²) in [5.74, 6) is 0.766. The van der Waals surface area contributed by atoms with Crippen LogP contribution in [0.25, 0.3) is 0 Å². The minimum atomic E-state index is -4.39. The van der Waals surface area contributed by atoms with Gasteiger partial charge < -0.3 is 10.2 Å². The summed E-state index contributed by atoms with van der Waals surface area (Å²) in [6.45, 7) is 5.38. The largest absolute Gasteiger partial charge is 0.417 e. The number of anilines is 2. The fraction of sp³-hybridized carbons (Fsp3) is 0.429. The molecule has 4 nitrogen and oxygen atoms in total. The Labute approximate surface area is 162 Å². The molecule has 1 amide bonds. The van der Waals surface area contributed by atoms with Crippen LogP contribution in [0.2, 0.25) is 0 Å². The lowest BCUT2D eigenvalue weighted by Crippen LogP contribution is -2.38. The lowest BCUT2D eigenvalue weighted by atomic mass is 9.95. The van der Waals surface area contributed by atoms with Crippen molar-refractivity contribution in [3.05, 3.63) is 53.7 Å². The highest BCUT2D eigenvalue weighted by molar-refractivity contribution is 5.92. The van der Waals surface area contributed by atoms with Gasteiger partial charge in [-0.3, -0.25) is 4.79 Å². The van der Waals surface area contributed by atoms with Crippen LogP contribution in [-0.4, -0.2) is 24.0 Å². The van der Waals surface area contributed by atoms with Gasteiger partial charge in [0.2, 0.25) is 5.91 Å².